The van der Waals surface area contributed by atoms with E-state index >= 15 is 0 Å². The van der Waals surface area contributed by atoms with Crippen molar-refractivity contribution in [1.29, 1.82) is 0 Å². The molecular weight excluding hydrogens is 228 g/mol. The van der Waals surface area contributed by atoms with Crippen LogP contribution in [0.2, 0.25) is 0 Å². The predicted molar refractivity (Wildman–Crippen MR) is 69.8 cm³/mol. The van der Waals surface area contributed by atoms with E-state index in [4.69, 9.17) is 5.84 Å². The van der Waals surface area contributed by atoms with Gasteiger partial charge in [-0.05, 0) is 39.0 Å². The van der Waals surface area contributed by atoms with Gasteiger partial charge in [-0.1, -0.05) is 0 Å². The molecule has 0 fully saturated rings. The Morgan fingerprint density at radius 1 is 1.33 bits per heavy atom. The lowest BCUT2D eigenvalue weighted by atomic mass is 9.93. The summed E-state index contributed by atoms with van der Waals surface area (Å²) in [6.45, 7) is 2.08. The number of hydrogen-bond donors (Lipinski definition) is 1. The molecule has 1 aromatic rings. The van der Waals surface area contributed by atoms with Crippen molar-refractivity contribution >= 4 is 5.71 Å². The predicted octanol–water partition coefficient (Wildman–Crippen LogP) is 1.14. The quantitative estimate of drug-likeness (QED) is 0.551. The summed E-state index contributed by atoms with van der Waals surface area (Å²) >= 11 is 0. The van der Waals surface area contributed by atoms with Crippen molar-refractivity contribution in [3.05, 3.63) is 27.4 Å². The number of nitrogens with two attached hydrogens (primary N) is 1. The van der Waals surface area contributed by atoms with Crippen molar-refractivity contribution in [2.45, 2.75) is 51.5 Å². The van der Waals surface area contributed by atoms with Crippen LogP contribution in [0.4, 0.5) is 0 Å². The molecule has 1 aromatic heterocycles. The first kappa shape index (κ1) is 11.4. The van der Waals surface area contributed by atoms with Crippen molar-refractivity contribution in [1.82, 2.24) is 9.55 Å². The van der Waals surface area contributed by atoms with Crippen molar-refractivity contribution in [3.63, 3.8) is 0 Å². The van der Waals surface area contributed by atoms with Gasteiger partial charge in [-0.15, -0.1) is 0 Å². The molecule has 2 aliphatic rings. The number of nitrogens with zero attached hydrogens (tertiary/aromatic N) is 3. The molecule has 0 bridgehead atoms. The zero-order valence-electron chi connectivity index (χ0n) is 10.6. The molecule has 18 heavy (non-hydrogen) atoms. The maximum atomic E-state index is 12.6. The second-order valence-electron chi connectivity index (χ2n) is 5.20. The lowest BCUT2D eigenvalue weighted by molar-refractivity contribution is 0.401. The maximum Gasteiger partial charge on any atom is 0.263 e. The first-order valence-electron chi connectivity index (χ1n) is 6.63. The van der Waals surface area contributed by atoms with Crippen molar-refractivity contribution in [2.75, 3.05) is 0 Å². The average molecular weight is 246 g/mol. The highest BCUT2D eigenvalue weighted by Crippen LogP contribution is 2.24. The fourth-order valence-electron chi connectivity index (χ4n) is 3.09. The molecule has 0 radical (unpaired) electrons. The lowest BCUT2D eigenvalue weighted by Crippen LogP contribution is -2.37. The van der Waals surface area contributed by atoms with Gasteiger partial charge in [0.1, 0.15) is 5.82 Å². The average Bonchev–Trinajstić information content (AvgIpc) is 2.38. The molecule has 0 aromatic carbocycles. The van der Waals surface area contributed by atoms with Crippen LogP contribution in [-0.2, 0) is 12.8 Å². The molecule has 1 aliphatic heterocycles. The Morgan fingerprint density at radius 2 is 2.17 bits per heavy atom. The summed E-state index contributed by atoms with van der Waals surface area (Å²) in [5.74, 6) is 6.35. The molecular formula is C13H18N4O. The second-order valence-corrected chi connectivity index (χ2v) is 5.20. The van der Waals surface area contributed by atoms with Crippen LogP contribution in [0.25, 0.3) is 0 Å². The highest BCUT2D eigenvalue weighted by Gasteiger charge is 2.27. The SMILES string of the molecule is CC1CCCc2nc3c(c(=O)n21)C(=NN)CCC3. The van der Waals surface area contributed by atoms with E-state index in [1.807, 2.05) is 4.57 Å². The van der Waals surface area contributed by atoms with Crippen LogP contribution in [-0.4, -0.2) is 15.3 Å². The first-order chi connectivity index (χ1) is 8.72. The third-order valence-electron chi connectivity index (χ3n) is 4.00. The highest BCUT2D eigenvalue weighted by atomic mass is 16.1. The molecule has 5 nitrogen and oxygen atoms in total. The Bertz CT molecular complexity index is 573. The summed E-state index contributed by atoms with van der Waals surface area (Å²) in [7, 11) is 0. The molecule has 1 aliphatic carbocycles. The molecule has 0 saturated carbocycles. The topological polar surface area (TPSA) is 73.3 Å². The van der Waals surface area contributed by atoms with Crippen LogP contribution in [0, 0.1) is 0 Å². The Kier molecular flexibility index (Phi) is 2.69. The highest BCUT2D eigenvalue weighted by molar-refractivity contribution is 6.01. The minimum Gasteiger partial charge on any atom is -0.323 e. The Balaban J connectivity index is 2.28. The lowest BCUT2D eigenvalue weighted by Gasteiger charge is -2.27. The minimum atomic E-state index is 0.0612. The summed E-state index contributed by atoms with van der Waals surface area (Å²) in [4.78, 5) is 17.3. The van der Waals surface area contributed by atoms with E-state index in [1.165, 1.54) is 0 Å². The van der Waals surface area contributed by atoms with Crippen LogP contribution >= 0.6 is 0 Å². The van der Waals surface area contributed by atoms with Gasteiger partial charge in [-0.3, -0.25) is 9.36 Å². The number of aromatic nitrogens is 2. The van der Waals surface area contributed by atoms with Gasteiger partial charge in [0, 0.05) is 12.5 Å². The van der Waals surface area contributed by atoms with E-state index in [-0.39, 0.29) is 11.6 Å². The van der Waals surface area contributed by atoms with Crippen molar-refractivity contribution in [3.8, 4) is 0 Å². The van der Waals surface area contributed by atoms with Gasteiger partial charge in [-0.2, -0.15) is 5.10 Å². The van der Waals surface area contributed by atoms with E-state index < -0.39 is 0 Å². The number of hydrogen-bond acceptors (Lipinski definition) is 4. The number of aryl methyl sites for hydroxylation is 2. The van der Waals surface area contributed by atoms with Gasteiger partial charge in [0.25, 0.3) is 5.56 Å². The first-order valence-corrected chi connectivity index (χ1v) is 6.63. The summed E-state index contributed by atoms with van der Waals surface area (Å²) < 4.78 is 1.85. The fourth-order valence-corrected chi connectivity index (χ4v) is 3.09. The van der Waals surface area contributed by atoms with Gasteiger partial charge in [0.05, 0.1) is 17.0 Å². The molecule has 1 atom stereocenters. The Hall–Kier alpha value is -1.65. The molecule has 0 saturated heterocycles. The van der Waals surface area contributed by atoms with Gasteiger partial charge in [0.15, 0.2) is 0 Å². The molecule has 2 heterocycles. The van der Waals surface area contributed by atoms with Crippen LogP contribution in [0.3, 0.4) is 0 Å². The van der Waals surface area contributed by atoms with Gasteiger partial charge < -0.3 is 5.84 Å². The van der Waals surface area contributed by atoms with E-state index in [1.54, 1.807) is 0 Å². The fraction of sp³-hybridized carbons (Fsp3) is 0.615. The van der Waals surface area contributed by atoms with E-state index in [0.29, 0.717) is 5.56 Å². The van der Waals surface area contributed by atoms with Crippen LogP contribution < -0.4 is 11.4 Å². The maximum absolute atomic E-state index is 12.6. The largest absolute Gasteiger partial charge is 0.323 e. The molecule has 5 heteroatoms. The summed E-state index contributed by atoms with van der Waals surface area (Å²) in [6.07, 6.45) is 5.70. The second kappa shape index (κ2) is 4.23. The van der Waals surface area contributed by atoms with Gasteiger partial charge in [-0.25, -0.2) is 4.98 Å². The summed E-state index contributed by atoms with van der Waals surface area (Å²) in [5.41, 5.74) is 2.35. The van der Waals surface area contributed by atoms with Crippen LogP contribution in [0.5, 0.6) is 0 Å². The monoisotopic (exact) mass is 246 g/mol. The molecule has 1 unspecified atom stereocenters. The van der Waals surface area contributed by atoms with Crippen LogP contribution in [0.1, 0.15) is 55.7 Å². The van der Waals surface area contributed by atoms with Crippen LogP contribution in [0.15, 0.2) is 9.90 Å². The summed E-state index contributed by atoms with van der Waals surface area (Å²) in [5, 5.41) is 3.79. The zero-order chi connectivity index (χ0) is 12.7. The number of hydrazone groups is 1. The normalized spacial score (nSPS) is 24.7. The van der Waals surface area contributed by atoms with E-state index in [2.05, 4.69) is 17.0 Å². The molecule has 0 spiro atoms. The summed E-state index contributed by atoms with van der Waals surface area (Å²) in [6, 6.07) is 0.236. The van der Waals surface area contributed by atoms with Gasteiger partial charge >= 0.3 is 0 Å². The molecule has 0 amide bonds. The smallest absolute Gasteiger partial charge is 0.263 e. The van der Waals surface area contributed by atoms with Gasteiger partial charge in [0.2, 0.25) is 0 Å². The zero-order valence-corrected chi connectivity index (χ0v) is 10.6. The molecule has 3 rings (SSSR count). The minimum absolute atomic E-state index is 0.0612. The molecule has 96 valence electrons. The number of rotatable bonds is 0. The van der Waals surface area contributed by atoms with Crippen molar-refractivity contribution in [2.24, 2.45) is 10.9 Å². The Labute approximate surface area is 106 Å². The molecule has 2 N–H and O–H groups in total. The Morgan fingerprint density at radius 3 is 2.94 bits per heavy atom. The number of fused-ring (bicyclic) bond motifs is 2. The van der Waals surface area contributed by atoms with Crippen molar-refractivity contribution < 1.29 is 0 Å². The van der Waals surface area contributed by atoms with E-state index in [9.17, 15) is 4.79 Å². The third kappa shape index (κ3) is 1.57. The van der Waals surface area contributed by atoms with E-state index in [0.717, 1.165) is 55.8 Å². The third-order valence-corrected chi connectivity index (χ3v) is 4.00. The standard InChI is InChI=1S/C13H18N4O/c1-8-4-2-7-11-15-9-5-3-6-10(16-14)12(9)13(18)17(8)11/h8H,2-7,14H2,1H3.